The lowest BCUT2D eigenvalue weighted by atomic mass is 10.2. The Morgan fingerprint density at radius 1 is 0.741 bits per heavy atom. The number of hydrogen-bond acceptors (Lipinski definition) is 7. The summed E-state index contributed by atoms with van der Waals surface area (Å²) in [6.45, 7) is 5.07. The SMILES string of the molecule is CC(C)S(=O)(=O)NCCCN(CCCCS(=O)(=O)O)CCCCS(=O)(=O)O. The van der Waals surface area contributed by atoms with Gasteiger partial charge in [-0.3, -0.25) is 9.11 Å². The van der Waals surface area contributed by atoms with Crippen molar-refractivity contribution in [2.75, 3.05) is 37.7 Å². The highest BCUT2D eigenvalue weighted by molar-refractivity contribution is 7.90. The van der Waals surface area contributed by atoms with Crippen LogP contribution in [-0.4, -0.2) is 82.2 Å². The predicted molar refractivity (Wildman–Crippen MR) is 104 cm³/mol. The molecule has 0 unspecified atom stereocenters. The molecule has 0 aliphatic carbocycles. The van der Waals surface area contributed by atoms with E-state index in [9.17, 15) is 25.3 Å². The number of unbranched alkanes of at least 4 members (excludes halogenated alkanes) is 2. The van der Waals surface area contributed by atoms with Gasteiger partial charge in [0.05, 0.1) is 16.8 Å². The normalized spacial score (nSPS) is 13.6. The van der Waals surface area contributed by atoms with Crippen LogP contribution in [0.25, 0.3) is 0 Å². The fourth-order valence-corrected chi connectivity index (χ4v) is 4.16. The zero-order valence-corrected chi connectivity index (χ0v) is 18.3. The van der Waals surface area contributed by atoms with Crippen LogP contribution in [0.1, 0.15) is 46.0 Å². The van der Waals surface area contributed by atoms with E-state index in [1.54, 1.807) is 13.8 Å². The minimum Gasteiger partial charge on any atom is -0.303 e. The van der Waals surface area contributed by atoms with Gasteiger partial charge in [-0.15, -0.1) is 0 Å². The highest BCUT2D eigenvalue weighted by atomic mass is 32.2. The zero-order chi connectivity index (χ0) is 21.1. The van der Waals surface area contributed by atoms with Crippen molar-refractivity contribution in [3.8, 4) is 0 Å². The fraction of sp³-hybridized carbons (Fsp3) is 1.00. The van der Waals surface area contributed by atoms with Gasteiger partial charge in [-0.25, -0.2) is 13.1 Å². The Kier molecular flexibility index (Phi) is 12.2. The van der Waals surface area contributed by atoms with E-state index < -0.39 is 35.5 Å². The molecule has 164 valence electrons. The number of nitrogens with one attached hydrogen (secondary N) is 1. The van der Waals surface area contributed by atoms with Crippen molar-refractivity contribution in [3.05, 3.63) is 0 Å². The molecule has 0 spiro atoms. The standard InChI is InChI=1S/C14H32N2O8S3/c1-14(2)27(23,24)15-8-7-11-16(9-3-5-12-25(17,18)19)10-4-6-13-26(20,21)22/h14-15H,3-13H2,1-2H3,(H,17,18,19)(H,20,21,22). The summed E-state index contributed by atoms with van der Waals surface area (Å²) in [6, 6.07) is 0. The number of hydrogen-bond donors (Lipinski definition) is 3. The van der Waals surface area contributed by atoms with Gasteiger partial charge < -0.3 is 4.90 Å². The first kappa shape index (κ1) is 26.7. The highest BCUT2D eigenvalue weighted by Gasteiger charge is 2.15. The minimum absolute atomic E-state index is 0.271. The molecule has 0 heterocycles. The van der Waals surface area contributed by atoms with E-state index in [-0.39, 0.29) is 18.1 Å². The first-order chi connectivity index (χ1) is 12.2. The third-order valence-electron chi connectivity index (χ3n) is 3.83. The summed E-state index contributed by atoms with van der Waals surface area (Å²) in [5.74, 6) is -0.643. The fourth-order valence-electron chi connectivity index (χ4n) is 2.26. The van der Waals surface area contributed by atoms with Crippen LogP contribution in [0.15, 0.2) is 0 Å². The van der Waals surface area contributed by atoms with Gasteiger partial charge in [-0.2, -0.15) is 16.8 Å². The van der Waals surface area contributed by atoms with Crippen molar-refractivity contribution >= 4 is 30.3 Å². The average molecular weight is 453 g/mol. The first-order valence-electron chi connectivity index (χ1n) is 8.84. The second kappa shape index (κ2) is 12.3. The molecule has 3 N–H and O–H groups in total. The van der Waals surface area contributed by atoms with Crippen LogP contribution >= 0.6 is 0 Å². The zero-order valence-electron chi connectivity index (χ0n) is 15.9. The van der Waals surface area contributed by atoms with Gasteiger partial charge in [-0.1, -0.05) is 0 Å². The van der Waals surface area contributed by atoms with E-state index in [2.05, 4.69) is 4.72 Å². The Morgan fingerprint density at radius 2 is 1.15 bits per heavy atom. The number of rotatable bonds is 16. The van der Waals surface area contributed by atoms with E-state index in [1.807, 2.05) is 4.90 Å². The predicted octanol–water partition coefficient (Wildman–Crippen LogP) is 0.342. The molecular formula is C14H32N2O8S3. The molecule has 0 fully saturated rings. The van der Waals surface area contributed by atoms with Gasteiger partial charge in [0, 0.05) is 6.54 Å². The van der Waals surface area contributed by atoms with Crippen LogP contribution in [0, 0.1) is 0 Å². The summed E-state index contributed by atoms with van der Waals surface area (Å²) in [4.78, 5) is 1.98. The number of nitrogens with zero attached hydrogens (tertiary/aromatic N) is 1. The average Bonchev–Trinajstić information content (AvgIpc) is 2.49. The maximum atomic E-state index is 11.7. The van der Waals surface area contributed by atoms with Gasteiger partial charge in [0.1, 0.15) is 0 Å². The lowest BCUT2D eigenvalue weighted by molar-refractivity contribution is 0.262. The lowest BCUT2D eigenvalue weighted by Gasteiger charge is -2.22. The van der Waals surface area contributed by atoms with Crippen LogP contribution < -0.4 is 4.72 Å². The Balaban J connectivity index is 4.36. The van der Waals surface area contributed by atoms with E-state index in [0.717, 1.165) is 0 Å². The van der Waals surface area contributed by atoms with Crippen LogP contribution in [0.3, 0.4) is 0 Å². The van der Waals surface area contributed by atoms with Gasteiger partial charge in [-0.05, 0) is 65.6 Å². The molecule has 0 aliphatic heterocycles. The maximum Gasteiger partial charge on any atom is 0.264 e. The quantitative estimate of drug-likeness (QED) is 0.222. The molecule has 27 heavy (non-hydrogen) atoms. The highest BCUT2D eigenvalue weighted by Crippen LogP contribution is 2.04. The minimum atomic E-state index is -3.99. The molecule has 0 aliphatic rings. The van der Waals surface area contributed by atoms with Crippen LogP contribution in [0.2, 0.25) is 0 Å². The Bertz CT molecular complexity index is 677. The first-order valence-corrected chi connectivity index (χ1v) is 13.6. The van der Waals surface area contributed by atoms with Crippen molar-refractivity contribution in [2.24, 2.45) is 0 Å². The molecule has 10 nitrogen and oxygen atoms in total. The largest absolute Gasteiger partial charge is 0.303 e. The monoisotopic (exact) mass is 452 g/mol. The topological polar surface area (TPSA) is 158 Å². The molecule has 0 amide bonds. The van der Waals surface area contributed by atoms with Crippen LogP contribution in [-0.2, 0) is 30.3 Å². The van der Waals surface area contributed by atoms with Gasteiger partial charge in [0.15, 0.2) is 0 Å². The molecule has 0 saturated heterocycles. The molecular weight excluding hydrogens is 420 g/mol. The van der Waals surface area contributed by atoms with Crippen LogP contribution in [0.4, 0.5) is 0 Å². The molecule has 0 bridgehead atoms. The van der Waals surface area contributed by atoms with Crippen molar-refractivity contribution < 1.29 is 34.4 Å². The Morgan fingerprint density at radius 3 is 1.52 bits per heavy atom. The summed E-state index contributed by atoms with van der Waals surface area (Å²) in [5.41, 5.74) is 0. The molecule has 0 radical (unpaired) electrons. The van der Waals surface area contributed by atoms with E-state index in [4.69, 9.17) is 9.11 Å². The molecule has 0 aromatic rings. The Hall–Kier alpha value is -0.310. The summed E-state index contributed by atoms with van der Waals surface area (Å²) >= 11 is 0. The third kappa shape index (κ3) is 16.4. The van der Waals surface area contributed by atoms with Crippen molar-refractivity contribution in [2.45, 2.75) is 51.2 Å². The van der Waals surface area contributed by atoms with Gasteiger partial charge >= 0.3 is 0 Å². The van der Waals surface area contributed by atoms with Gasteiger partial charge in [0.25, 0.3) is 20.2 Å². The maximum absolute atomic E-state index is 11.7. The molecule has 0 aromatic carbocycles. The molecule has 0 aromatic heterocycles. The summed E-state index contributed by atoms with van der Waals surface area (Å²) in [6.07, 6.45) is 2.18. The second-order valence-electron chi connectivity index (χ2n) is 6.67. The molecule has 13 heteroatoms. The summed E-state index contributed by atoms with van der Waals surface area (Å²) < 4.78 is 86.3. The second-order valence-corrected chi connectivity index (χ2v) is 12.1. The van der Waals surface area contributed by atoms with Crippen molar-refractivity contribution in [1.82, 2.24) is 9.62 Å². The molecule has 0 rings (SSSR count). The van der Waals surface area contributed by atoms with Crippen LogP contribution in [0.5, 0.6) is 0 Å². The summed E-state index contributed by atoms with van der Waals surface area (Å²) in [7, 11) is -11.3. The van der Waals surface area contributed by atoms with E-state index in [1.165, 1.54) is 0 Å². The molecule has 0 atom stereocenters. The molecule has 0 saturated carbocycles. The smallest absolute Gasteiger partial charge is 0.264 e. The summed E-state index contributed by atoms with van der Waals surface area (Å²) in [5, 5.41) is -0.519. The van der Waals surface area contributed by atoms with Crippen molar-refractivity contribution in [1.29, 1.82) is 0 Å². The lowest BCUT2D eigenvalue weighted by Crippen LogP contribution is -2.34. The number of sulfonamides is 1. The van der Waals surface area contributed by atoms with E-state index in [0.29, 0.717) is 51.7 Å². The van der Waals surface area contributed by atoms with E-state index >= 15 is 0 Å². The Labute approximate surface area is 163 Å². The van der Waals surface area contributed by atoms with Crippen molar-refractivity contribution in [3.63, 3.8) is 0 Å². The third-order valence-corrected chi connectivity index (χ3v) is 7.29. The van der Waals surface area contributed by atoms with Gasteiger partial charge in [0.2, 0.25) is 10.0 Å².